The van der Waals surface area contributed by atoms with Crippen LogP contribution < -0.4 is 5.32 Å². The Hall–Kier alpha value is -1.58. The molecule has 1 aliphatic rings. The quantitative estimate of drug-likeness (QED) is 0.892. The summed E-state index contributed by atoms with van der Waals surface area (Å²) in [5, 5.41) is 2.95. The molecule has 0 saturated carbocycles. The summed E-state index contributed by atoms with van der Waals surface area (Å²) < 4.78 is 12.9. The van der Waals surface area contributed by atoms with Gasteiger partial charge in [0.1, 0.15) is 5.82 Å². The molecule has 1 N–H and O–H groups in total. The van der Waals surface area contributed by atoms with Gasteiger partial charge in [-0.25, -0.2) is 9.18 Å². The van der Waals surface area contributed by atoms with Crippen molar-refractivity contribution in [3.05, 3.63) is 35.6 Å². The van der Waals surface area contributed by atoms with Crippen molar-refractivity contribution in [1.29, 1.82) is 0 Å². The van der Waals surface area contributed by atoms with Crippen molar-refractivity contribution in [2.24, 2.45) is 5.92 Å². The smallest absolute Gasteiger partial charge is 0.317 e. The molecule has 1 aromatic rings. The van der Waals surface area contributed by atoms with Crippen LogP contribution in [0.15, 0.2) is 24.3 Å². The Morgan fingerprint density at radius 2 is 2.11 bits per heavy atom. The summed E-state index contributed by atoms with van der Waals surface area (Å²) in [7, 11) is 0. The Balaban J connectivity index is 2.04. The molecule has 1 aliphatic heterocycles. The van der Waals surface area contributed by atoms with E-state index in [9.17, 15) is 9.18 Å². The van der Waals surface area contributed by atoms with Crippen LogP contribution in [0.3, 0.4) is 0 Å². The second kappa shape index (κ2) is 6.04. The van der Waals surface area contributed by atoms with Crippen LogP contribution in [-0.4, -0.2) is 24.0 Å². The lowest BCUT2D eigenvalue weighted by atomic mass is 10.0. The molecule has 19 heavy (non-hydrogen) atoms. The first-order valence-electron chi connectivity index (χ1n) is 6.88. The van der Waals surface area contributed by atoms with E-state index in [1.807, 2.05) is 4.90 Å². The highest BCUT2D eigenvalue weighted by molar-refractivity contribution is 5.75. The van der Waals surface area contributed by atoms with Crippen molar-refractivity contribution in [1.82, 2.24) is 10.2 Å². The van der Waals surface area contributed by atoms with Crippen LogP contribution in [0.2, 0.25) is 0 Å². The fourth-order valence-electron chi connectivity index (χ4n) is 2.43. The van der Waals surface area contributed by atoms with Crippen LogP contribution in [0.25, 0.3) is 0 Å². The lowest BCUT2D eigenvalue weighted by Gasteiger charge is -2.25. The molecule has 2 rings (SSSR count). The van der Waals surface area contributed by atoms with E-state index in [0.29, 0.717) is 12.5 Å². The molecular formula is C15H21FN2O. The topological polar surface area (TPSA) is 32.3 Å². The standard InChI is InChI=1S/C15H21FN2O/c1-11(2)10-17-15(19)18-9-3-4-14(18)12-5-7-13(16)8-6-12/h5-8,11,14H,3-4,9-10H2,1-2H3,(H,17,19). The highest BCUT2D eigenvalue weighted by Gasteiger charge is 2.29. The molecule has 0 aromatic heterocycles. The highest BCUT2D eigenvalue weighted by atomic mass is 19.1. The zero-order chi connectivity index (χ0) is 13.8. The summed E-state index contributed by atoms with van der Waals surface area (Å²) in [5.74, 6) is 0.202. The average molecular weight is 264 g/mol. The first-order valence-corrected chi connectivity index (χ1v) is 6.88. The van der Waals surface area contributed by atoms with E-state index in [2.05, 4.69) is 19.2 Å². The van der Waals surface area contributed by atoms with Gasteiger partial charge < -0.3 is 10.2 Å². The second-order valence-corrected chi connectivity index (χ2v) is 5.48. The molecule has 1 fully saturated rings. The number of benzene rings is 1. The number of hydrogen-bond donors (Lipinski definition) is 1. The minimum atomic E-state index is -0.238. The zero-order valence-corrected chi connectivity index (χ0v) is 11.5. The maximum Gasteiger partial charge on any atom is 0.317 e. The fraction of sp³-hybridized carbons (Fsp3) is 0.533. The highest BCUT2D eigenvalue weighted by Crippen LogP contribution is 2.31. The summed E-state index contributed by atoms with van der Waals surface area (Å²) in [6.07, 6.45) is 1.94. The van der Waals surface area contributed by atoms with Crippen LogP contribution >= 0.6 is 0 Å². The molecule has 0 radical (unpaired) electrons. The predicted octanol–water partition coefficient (Wildman–Crippen LogP) is 3.33. The number of nitrogens with zero attached hydrogens (tertiary/aromatic N) is 1. The average Bonchev–Trinajstić information content (AvgIpc) is 2.86. The van der Waals surface area contributed by atoms with E-state index < -0.39 is 0 Å². The number of likely N-dealkylation sites (tertiary alicyclic amines) is 1. The van der Waals surface area contributed by atoms with Gasteiger partial charge in [0, 0.05) is 13.1 Å². The SMILES string of the molecule is CC(C)CNC(=O)N1CCCC1c1ccc(F)cc1. The van der Waals surface area contributed by atoms with Gasteiger partial charge in [0.2, 0.25) is 0 Å². The number of urea groups is 1. The van der Waals surface area contributed by atoms with Crippen LogP contribution in [0, 0.1) is 11.7 Å². The zero-order valence-electron chi connectivity index (χ0n) is 11.5. The molecule has 3 nitrogen and oxygen atoms in total. The van der Waals surface area contributed by atoms with Crippen molar-refractivity contribution in [2.75, 3.05) is 13.1 Å². The molecule has 0 spiro atoms. The van der Waals surface area contributed by atoms with Gasteiger partial charge in [0.05, 0.1) is 6.04 Å². The number of halogens is 1. The minimum Gasteiger partial charge on any atom is -0.338 e. The maximum atomic E-state index is 12.9. The van der Waals surface area contributed by atoms with E-state index in [-0.39, 0.29) is 17.9 Å². The molecule has 4 heteroatoms. The van der Waals surface area contributed by atoms with Crippen molar-refractivity contribution in [2.45, 2.75) is 32.7 Å². The van der Waals surface area contributed by atoms with Crippen molar-refractivity contribution >= 4 is 6.03 Å². The maximum absolute atomic E-state index is 12.9. The molecular weight excluding hydrogens is 243 g/mol. The minimum absolute atomic E-state index is 0.0134. The van der Waals surface area contributed by atoms with Crippen molar-refractivity contribution in [3.8, 4) is 0 Å². The summed E-state index contributed by atoms with van der Waals surface area (Å²) in [4.78, 5) is 14.0. The van der Waals surface area contributed by atoms with Crippen LogP contribution in [-0.2, 0) is 0 Å². The van der Waals surface area contributed by atoms with E-state index in [4.69, 9.17) is 0 Å². The number of carbonyl (C=O) groups is 1. The third-order valence-electron chi connectivity index (χ3n) is 3.43. The largest absolute Gasteiger partial charge is 0.338 e. The van der Waals surface area contributed by atoms with Crippen LogP contribution in [0.1, 0.15) is 38.3 Å². The summed E-state index contributed by atoms with van der Waals surface area (Å²) in [6.45, 7) is 5.60. The third kappa shape index (κ3) is 3.46. The molecule has 1 heterocycles. The van der Waals surface area contributed by atoms with Gasteiger partial charge in [-0.2, -0.15) is 0 Å². The molecule has 1 saturated heterocycles. The van der Waals surface area contributed by atoms with E-state index >= 15 is 0 Å². The molecule has 1 atom stereocenters. The van der Waals surface area contributed by atoms with Gasteiger partial charge in [-0.15, -0.1) is 0 Å². The third-order valence-corrected chi connectivity index (χ3v) is 3.43. The number of nitrogens with one attached hydrogen (secondary N) is 1. The van der Waals surface area contributed by atoms with Gasteiger partial charge in [-0.05, 0) is 36.5 Å². The number of carbonyl (C=O) groups excluding carboxylic acids is 1. The summed E-state index contributed by atoms with van der Waals surface area (Å²) in [6, 6.07) is 6.52. The lowest BCUT2D eigenvalue weighted by Crippen LogP contribution is -2.40. The predicted molar refractivity (Wildman–Crippen MR) is 73.3 cm³/mol. The van der Waals surface area contributed by atoms with Gasteiger partial charge in [0.15, 0.2) is 0 Å². The van der Waals surface area contributed by atoms with E-state index in [1.54, 1.807) is 12.1 Å². The summed E-state index contributed by atoms with van der Waals surface area (Å²) in [5.41, 5.74) is 1.01. The van der Waals surface area contributed by atoms with Gasteiger partial charge in [0.25, 0.3) is 0 Å². The normalized spacial score (nSPS) is 18.9. The molecule has 0 bridgehead atoms. The molecule has 1 unspecified atom stereocenters. The molecule has 104 valence electrons. The first kappa shape index (κ1) is 13.8. The second-order valence-electron chi connectivity index (χ2n) is 5.48. The Labute approximate surface area is 113 Å². The van der Waals surface area contributed by atoms with Crippen LogP contribution in [0.5, 0.6) is 0 Å². The van der Waals surface area contributed by atoms with Gasteiger partial charge in [-0.1, -0.05) is 26.0 Å². The number of hydrogen-bond acceptors (Lipinski definition) is 1. The Kier molecular flexibility index (Phi) is 4.40. The van der Waals surface area contributed by atoms with E-state index in [0.717, 1.165) is 24.9 Å². The Morgan fingerprint density at radius 1 is 1.42 bits per heavy atom. The molecule has 0 aliphatic carbocycles. The van der Waals surface area contributed by atoms with E-state index in [1.165, 1.54) is 12.1 Å². The van der Waals surface area contributed by atoms with Gasteiger partial charge in [-0.3, -0.25) is 0 Å². The van der Waals surface area contributed by atoms with Crippen molar-refractivity contribution in [3.63, 3.8) is 0 Å². The van der Waals surface area contributed by atoms with Crippen molar-refractivity contribution < 1.29 is 9.18 Å². The monoisotopic (exact) mass is 264 g/mol. The summed E-state index contributed by atoms with van der Waals surface area (Å²) >= 11 is 0. The number of rotatable bonds is 3. The van der Waals surface area contributed by atoms with Gasteiger partial charge >= 0.3 is 6.03 Å². The fourth-order valence-corrected chi connectivity index (χ4v) is 2.43. The first-order chi connectivity index (χ1) is 9.08. The number of amides is 2. The lowest BCUT2D eigenvalue weighted by molar-refractivity contribution is 0.191. The molecule has 2 amide bonds. The van der Waals surface area contributed by atoms with Crippen LogP contribution in [0.4, 0.5) is 9.18 Å². The Bertz CT molecular complexity index is 430. The molecule has 1 aromatic carbocycles. The Morgan fingerprint density at radius 3 is 2.74 bits per heavy atom.